The Bertz CT molecular complexity index is 391. The zero-order valence-corrected chi connectivity index (χ0v) is 14.2. The second-order valence-electron chi connectivity index (χ2n) is 5.12. The highest BCUT2D eigenvalue weighted by Gasteiger charge is 2.10. The van der Waals surface area contributed by atoms with E-state index in [9.17, 15) is 0 Å². The van der Waals surface area contributed by atoms with Gasteiger partial charge in [-0.3, -0.25) is 0 Å². The third-order valence-electron chi connectivity index (χ3n) is 3.05. The van der Waals surface area contributed by atoms with Crippen LogP contribution in [-0.4, -0.2) is 40.5 Å². The fourth-order valence-electron chi connectivity index (χ4n) is 1.93. The van der Waals surface area contributed by atoms with Gasteiger partial charge in [0.25, 0.3) is 0 Å². The van der Waals surface area contributed by atoms with Crippen LogP contribution < -0.4 is 5.32 Å². The van der Waals surface area contributed by atoms with Crippen LogP contribution in [0.25, 0.3) is 0 Å². The average molecular weight is 329 g/mol. The van der Waals surface area contributed by atoms with Crippen molar-refractivity contribution in [3.63, 3.8) is 0 Å². The number of hydrogen-bond acceptors (Lipinski definition) is 4. The van der Waals surface area contributed by atoms with Crippen molar-refractivity contribution in [2.75, 3.05) is 25.0 Å². The summed E-state index contributed by atoms with van der Waals surface area (Å²) < 4.78 is 0.837. The molecule has 0 aliphatic rings. The highest BCUT2D eigenvalue weighted by molar-refractivity contribution is 9.10. The van der Waals surface area contributed by atoms with Crippen molar-refractivity contribution in [1.29, 1.82) is 0 Å². The second kappa shape index (κ2) is 7.80. The summed E-state index contributed by atoms with van der Waals surface area (Å²) in [5.41, 5.74) is 0. The van der Waals surface area contributed by atoms with Crippen LogP contribution in [-0.2, 0) is 0 Å². The summed E-state index contributed by atoms with van der Waals surface area (Å²) in [7, 11) is 0. The molecule has 0 fully saturated rings. The molecule has 0 amide bonds. The molecule has 1 N–H and O–H groups in total. The van der Waals surface area contributed by atoms with Gasteiger partial charge < -0.3 is 10.2 Å². The van der Waals surface area contributed by atoms with E-state index in [0.29, 0.717) is 12.0 Å². The summed E-state index contributed by atoms with van der Waals surface area (Å²) in [5.74, 6) is 2.09. The Hall–Kier alpha value is -0.680. The average Bonchev–Trinajstić information content (AvgIpc) is 2.35. The number of halogens is 1. The minimum atomic E-state index is 0.330. The van der Waals surface area contributed by atoms with Crippen molar-refractivity contribution in [2.45, 2.75) is 46.6 Å². The van der Waals surface area contributed by atoms with Gasteiger partial charge in [0, 0.05) is 24.6 Å². The summed E-state index contributed by atoms with van der Waals surface area (Å²) in [4.78, 5) is 11.4. The summed E-state index contributed by atoms with van der Waals surface area (Å²) >= 11 is 3.45. The van der Waals surface area contributed by atoms with Crippen molar-refractivity contribution in [2.24, 2.45) is 0 Å². The third kappa shape index (κ3) is 5.45. The molecule has 1 unspecified atom stereocenters. The Kier molecular flexibility index (Phi) is 6.72. The maximum Gasteiger partial charge on any atom is 0.134 e. The first-order chi connectivity index (χ1) is 8.96. The lowest BCUT2D eigenvalue weighted by Crippen LogP contribution is -2.35. The van der Waals surface area contributed by atoms with E-state index in [1.165, 1.54) is 0 Å². The number of nitrogens with zero attached hydrogens (tertiary/aromatic N) is 3. The maximum absolute atomic E-state index is 4.56. The molecule has 108 valence electrons. The van der Waals surface area contributed by atoms with Crippen LogP contribution in [0.3, 0.4) is 0 Å². The molecule has 0 aliphatic carbocycles. The summed E-state index contributed by atoms with van der Waals surface area (Å²) in [5, 5.41) is 3.45. The van der Waals surface area contributed by atoms with Gasteiger partial charge in [-0.2, -0.15) is 0 Å². The fraction of sp³-hybridized carbons (Fsp3) is 0.714. The quantitative estimate of drug-likeness (QED) is 0.778. The van der Waals surface area contributed by atoms with Gasteiger partial charge in [-0.15, -0.1) is 0 Å². The Morgan fingerprint density at radius 2 is 1.84 bits per heavy atom. The summed E-state index contributed by atoms with van der Waals surface area (Å²) in [6.07, 6.45) is 0. The van der Waals surface area contributed by atoms with Crippen molar-refractivity contribution in [1.82, 2.24) is 14.9 Å². The Morgan fingerprint density at radius 3 is 2.37 bits per heavy atom. The molecule has 19 heavy (non-hydrogen) atoms. The number of rotatable bonds is 7. The van der Waals surface area contributed by atoms with Crippen LogP contribution in [0.4, 0.5) is 5.82 Å². The molecule has 1 aromatic rings. The normalized spacial score (nSPS) is 13.1. The number of nitrogens with one attached hydrogen (secondary N) is 1. The van der Waals surface area contributed by atoms with E-state index in [0.717, 1.165) is 35.9 Å². The molecule has 4 nitrogen and oxygen atoms in total. The maximum atomic E-state index is 4.56. The highest BCUT2D eigenvalue weighted by Crippen LogP contribution is 2.18. The number of anilines is 1. The molecule has 0 saturated carbocycles. The van der Waals surface area contributed by atoms with Crippen molar-refractivity contribution < 1.29 is 0 Å². The topological polar surface area (TPSA) is 41.0 Å². The van der Waals surface area contributed by atoms with Gasteiger partial charge in [-0.05, 0) is 35.9 Å². The Morgan fingerprint density at radius 1 is 1.21 bits per heavy atom. The summed E-state index contributed by atoms with van der Waals surface area (Å²) in [6, 6.07) is 2.30. The van der Waals surface area contributed by atoms with E-state index in [-0.39, 0.29) is 0 Å². The van der Waals surface area contributed by atoms with Crippen LogP contribution in [0.2, 0.25) is 0 Å². The van der Waals surface area contributed by atoms with Gasteiger partial charge in [0.15, 0.2) is 0 Å². The lowest BCUT2D eigenvalue weighted by molar-refractivity contribution is 0.294. The standard InChI is InChI=1S/C14H25BrN4/c1-6-19(7-2)9-11(5)16-13-8-12(15)17-14(18-13)10(3)4/h8,10-11H,6-7,9H2,1-5H3,(H,16,17,18). The van der Waals surface area contributed by atoms with E-state index >= 15 is 0 Å². The molecule has 1 heterocycles. The summed E-state index contributed by atoms with van der Waals surface area (Å²) in [6.45, 7) is 13.9. The minimum Gasteiger partial charge on any atom is -0.366 e. The van der Waals surface area contributed by atoms with Crippen molar-refractivity contribution in [3.05, 3.63) is 16.5 Å². The molecule has 1 aromatic heterocycles. The molecule has 0 saturated heterocycles. The van der Waals surface area contributed by atoms with Crippen molar-refractivity contribution in [3.8, 4) is 0 Å². The predicted molar refractivity (Wildman–Crippen MR) is 84.7 cm³/mol. The predicted octanol–water partition coefficient (Wildman–Crippen LogP) is 3.50. The lowest BCUT2D eigenvalue weighted by atomic mass is 10.2. The van der Waals surface area contributed by atoms with E-state index < -0.39 is 0 Å². The van der Waals surface area contributed by atoms with Gasteiger partial charge in [0.1, 0.15) is 16.2 Å². The molecular formula is C14H25BrN4. The first-order valence-corrected chi connectivity index (χ1v) is 7.78. The Balaban J connectivity index is 2.70. The first kappa shape index (κ1) is 16.4. The number of likely N-dealkylation sites (N-methyl/N-ethyl adjacent to an activating group) is 1. The van der Waals surface area contributed by atoms with E-state index in [2.05, 4.69) is 70.7 Å². The first-order valence-electron chi connectivity index (χ1n) is 6.99. The van der Waals surface area contributed by atoms with Crippen LogP contribution >= 0.6 is 15.9 Å². The van der Waals surface area contributed by atoms with Crippen molar-refractivity contribution >= 4 is 21.7 Å². The van der Waals surface area contributed by atoms with E-state index in [4.69, 9.17) is 0 Å². The largest absolute Gasteiger partial charge is 0.366 e. The highest BCUT2D eigenvalue weighted by atomic mass is 79.9. The number of aromatic nitrogens is 2. The zero-order chi connectivity index (χ0) is 14.4. The van der Waals surface area contributed by atoms with E-state index in [1.807, 2.05) is 6.07 Å². The Labute approximate surface area is 125 Å². The molecule has 0 aliphatic heterocycles. The zero-order valence-electron chi connectivity index (χ0n) is 12.6. The lowest BCUT2D eigenvalue weighted by Gasteiger charge is -2.24. The monoisotopic (exact) mass is 328 g/mol. The van der Waals surface area contributed by atoms with Gasteiger partial charge >= 0.3 is 0 Å². The molecule has 1 rings (SSSR count). The SMILES string of the molecule is CCN(CC)CC(C)Nc1cc(Br)nc(C(C)C)n1. The van der Waals surface area contributed by atoms with Gasteiger partial charge in [0.2, 0.25) is 0 Å². The van der Waals surface area contributed by atoms with Gasteiger partial charge in [0.05, 0.1) is 0 Å². The minimum absolute atomic E-state index is 0.330. The third-order valence-corrected chi connectivity index (χ3v) is 3.46. The molecule has 0 spiro atoms. The second-order valence-corrected chi connectivity index (χ2v) is 5.93. The van der Waals surface area contributed by atoms with Gasteiger partial charge in [-0.1, -0.05) is 27.7 Å². The van der Waals surface area contributed by atoms with Crippen LogP contribution in [0.1, 0.15) is 46.4 Å². The number of hydrogen-bond donors (Lipinski definition) is 1. The van der Waals surface area contributed by atoms with Crippen LogP contribution in [0.15, 0.2) is 10.7 Å². The molecule has 0 aromatic carbocycles. The smallest absolute Gasteiger partial charge is 0.134 e. The van der Waals surface area contributed by atoms with Crippen LogP contribution in [0.5, 0.6) is 0 Å². The molecule has 0 bridgehead atoms. The molecule has 0 radical (unpaired) electrons. The fourth-order valence-corrected chi connectivity index (χ4v) is 2.33. The molecular weight excluding hydrogens is 304 g/mol. The molecule has 5 heteroatoms. The van der Waals surface area contributed by atoms with Gasteiger partial charge in [-0.25, -0.2) is 9.97 Å². The van der Waals surface area contributed by atoms with Crippen LogP contribution in [0, 0.1) is 0 Å². The van der Waals surface area contributed by atoms with E-state index in [1.54, 1.807) is 0 Å². The molecule has 1 atom stereocenters.